The molecule has 0 bridgehead atoms. The first-order chi connectivity index (χ1) is 14.7. The lowest BCUT2D eigenvalue weighted by molar-refractivity contribution is 0.0696. The topological polar surface area (TPSA) is 113 Å². The van der Waals surface area contributed by atoms with Crippen LogP contribution in [-0.4, -0.2) is 31.0 Å². The van der Waals surface area contributed by atoms with Gasteiger partial charge in [-0.3, -0.25) is 4.79 Å². The molecule has 3 rings (SSSR count). The minimum Gasteiger partial charge on any atom is -0.478 e. The number of hydrogen-bond acceptors (Lipinski definition) is 5. The fourth-order valence-corrected chi connectivity index (χ4v) is 3.71. The minimum atomic E-state index is -3.97. The number of Topliss-reactive ketones (excluding diaryl/α,β-unsaturated/α-hetero) is 1. The molecule has 0 saturated carbocycles. The Morgan fingerprint density at radius 1 is 1.10 bits per heavy atom. The molecule has 0 amide bonds. The number of anilines is 1. The maximum absolute atomic E-state index is 13.0. The molecule has 0 aliphatic heterocycles. The third-order valence-corrected chi connectivity index (χ3v) is 5.90. The van der Waals surface area contributed by atoms with E-state index in [-0.39, 0.29) is 27.7 Å². The molecule has 0 atom stereocenters. The summed E-state index contributed by atoms with van der Waals surface area (Å²) < 4.78 is 29.3. The lowest BCUT2D eigenvalue weighted by Crippen LogP contribution is -2.22. The summed E-state index contributed by atoms with van der Waals surface area (Å²) in [6, 6.07) is 12.6. The highest BCUT2D eigenvalue weighted by atomic mass is 32.2. The van der Waals surface area contributed by atoms with Crippen LogP contribution in [0, 0.1) is 0 Å². The Balaban J connectivity index is 2.09. The van der Waals surface area contributed by atoms with E-state index < -0.39 is 16.0 Å². The molecule has 31 heavy (non-hydrogen) atoms. The third kappa shape index (κ3) is 4.87. The van der Waals surface area contributed by atoms with Crippen molar-refractivity contribution in [2.75, 3.05) is 5.32 Å². The van der Waals surface area contributed by atoms with Gasteiger partial charge in [0.15, 0.2) is 0 Å². The normalized spacial score (nSPS) is 15.7. The molecular weight excluding hydrogens is 416 g/mol. The summed E-state index contributed by atoms with van der Waals surface area (Å²) in [5.74, 6) is -1.46. The highest BCUT2D eigenvalue weighted by molar-refractivity contribution is 7.94. The quantitative estimate of drug-likeness (QED) is 0.657. The molecule has 2 aromatic rings. The Bertz CT molecular complexity index is 1280. The molecule has 8 heteroatoms. The molecule has 0 aromatic heterocycles. The summed E-state index contributed by atoms with van der Waals surface area (Å²) >= 11 is 0. The zero-order valence-electron chi connectivity index (χ0n) is 16.9. The van der Waals surface area contributed by atoms with Crippen LogP contribution < -0.4 is 5.32 Å². The van der Waals surface area contributed by atoms with E-state index in [1.807, 2.05) is 0 Å². The smallest absolute Gasteiger partial charge is 0.335 e. The highest BCUT2D eigenvalue weighted by Gasteiger charge is 2.26. The van der Waals surface area contributed by atoms with Crippen LogP contribution in [0.25, 0.3) is 0 Å². The van der Waals surface area contributed by atoms with Crippen LogP contribution in [0.4, 0.5) is 5.69 Å². The number of sulfonamides is 1. The average Bonchev–Trinajstić information content (AvgIpc) is 2.75. The maximum atomic E-state index is 13.0. The summed E-state index contributed by atoms with van der Waals surface area (Å²) in [6.45, 7) is 3.21. The SMILES string of the molecule is C/C=C\C=C(/C)S(=O)(=O)/N=C1\C=C(Nc2cccc(C(=O)O)c2)C(=O)c2ccccc21. The van der Waals surface area contributed by atoms with Crippen LogP contribution in [0.2, 0.25) is 0 Å². The molecule has 158 valence electrons. The van der Waals surface area contributed by atoms with E-state index in [4.69, 9.17) is 0 Å². The number of hydrogen-bond donors (Lipinski definition) is 2. The number of rotatable bonds is 6. The standard InChI is InChI=1S/C23H20N2O5S/c1-3-4-8-15(2)31(29,30)25-20-14-21(22(26)19-12-6-5-11-18(19)20)24-17-10-7-9-16(13-17)23(27)28/h3-14,24H,1-2H3,(H,27,28)/b4-3-,15-8+,25-20+. The third-order valence-electron chi connectivity index (χ3n) is 4.51. The lowest BCUT2D eigenvalue weighted by atomic mass is 9.92. The number of carbonyl (C=O) groups excluding carboxylic acids is 1. The van der Waals surface area contributed by atoms with Gasteiger partial charge in [-0.15, -0.1) is 0 Å². The summed E-state index contributed by atoms with van der Waals surface area (Å²) in [5.41, 5.74) is 1.33. The van der Waals surface area contributed by atoms with Crippen molar-refractivity contribution < 1.29 is 23.1 Å². The molecule has 2 aromatic carbocycles. The number of aromatic carboxylic acids is 1. The number of allylic oxidation sites excluding steroid dienone is 6. The van der Waals surface area contributed by atoms with Crippen LogP contribution in [0.5, 0.6) is 0 Å². The molecule has 0 spiro atoms. The summed E-state index contributed by atoms with van der Waals surface area (Å²) in [5, 5.41) is 12.1. The van der Waals surface area contributed by atoms with Crippen LogP contribution in [-0.2, 0) is 10.0 Å². The zero-order valence-corrected chi connectivity index (χ0v) is 17.7. The summed E-state index contributed by atoms with van der Waals surface area (Å²) in [6.07, 6.45) is 6.11. The second-order valence-corrected chi connectivity index (χ2v) is 8.48. The van der Waals surface area contributed by atoms with E-state index in [1.165, 1.54) is 31.2 Å². The number of benzene rings is 2. The van der Waals surface area contributed by atoms with Crippen LogP contribution in [0.1, 0.15) is 40.1 Å². The average molecular weight is 436 g/mol. The Morgan fingerprint density at radius 2 is 1.81 bits per heavy atom. The Labute approximate surface area is 180 Å². The van der Waals surface area contributed by atoms with Gasteiger partial charge in [0.05, 0.1) is 21.9 Å². The minimum absolute atomic E-state index is 0.0514. The fraction of sp³-hybridized carbons (Fsp3) is 0.0870. The van der Waals surface area contributed by atoms with E-state index in [2.05, 4.69) is 9.71 Å². The number of ketones is 1. The van der Waals surface area contributed by atoms with E-state index in [0.29, 0.717) is 16.8 Å². The first kappa shape index (κ1) is 21.9. The van der Waals surface area contributed by atoms with Crippen molar-refractivity contribution in [1.29, 1.82) is 0 Å². The molecular formula is C23H20N2O5S. The monoisotopic (exact) mass is 436 g/mol. The van der Waals surface area contributed by atoms with Crippen molar-refractivity contribution in [3.8, 4) is 0 Å². The number of carboxylic acid groups (broad SMARTS) is 1. The number of nitrogens with zero attached hydrogens (tertiary/aromatic N) is 1. The molecule has 1 aliphatic rings. The van der Waals surface area contributed by atoms with Crippen LogP contribution in [0.3, 0.4) is 0 Å². The molecule has 0 saturated heterocycles. The molecule has 2 N–H and O–H groups in total. The largest absolute Gasteiger partial charge is 0.478 e. The maximum Gasteiger partial charge on any atom is 0.335 e. The first-order valence-corrected chi connectivity index (χ1v) is 10.8. The van der Waals surface area contributed by atoms with Gasteiger partial charge < -0.3 is 10.4 Å². The van der Waals surface area contributed by atoms with Crippen molar-refractivity contribution >= 4 is 33.2 Å². The number of carboxylic acids is 1. The van der Waals surface area contributed by atoms with Crippen molar-refractivity contribution in [2.24, 2.45) is 4.40 Å². The van der Waals surface area contributed by atoms with E-state index in [0.717, 1.165) is 0 Å². The van der Waals surface area contributed by atoms with E-state index in [9.17, 15) is 23.1 Å². The van der Waals surface area contributed by atoms with Crippen LogP contribution >= 0.6 is 0 Å². The molecule has 7 nitrogen and oxygen atoms in total. The van der Waals surface area contributed by atoms with Gasteiger partial charge in [0, 0.05) is 16.8 Å². The Morgan fingerprint density at radius 3 is 2.48 bits per heavy atom. The number of fused-ring (bicyclic) bond motifs is 1. The van der Waals surface area contributed by atoms with E-state index in [1.54, 1.807) is 55.5 Å². The second-order valence-electron chi connectivity index (χ2n) is 6.70. The Hall–Kier alpha value is -3.78. The van der Waals surface area contributed by atoms with Gasteiger partial charge in [-0.1, -0.05) is 42.5 Å². The first-order valence-electron chi connectivity index (χ1n) is 9.33. The molecule has 0 radical (unpaired) electrons. The number of nitrogens with one attached hydrogen (secondary N) is 1. The van der Waals surface area contributed by atoms with Crippen LogP contribution in [0.15, 0.2) is 87.8 Å². The predicted molar refractivity (Wildman–Crippen MR) is 120 cm³/mol. The zero-order chi connectivity index (χ0) is 22.6. The van der Waals surface area contributed by atoms with Gasteiger partial charge >= 0.3 is 5.97 Å². The van der Waals surface area contributed by atoms with Crippen molar-refractivity contribution in [3.05, 3.63) is 100 Å². The Kier molecular flexibility index (Phi) is 6.31. The lowest BCUT2D eigenvalue weighted by Gasteiger charge is -2.19. The van der Waals surface area contributed by atoms with Gasteiger partial charge in [-0.2, -0.15) is 12.8 Å². The van der Waals surface area contributed by atoms with Crippen molar-refractivity contribution in [1.82, 2.24) is 0 Å². The highest BCUT2D eigenvalue weighted by Crippen LogP contribution is 2.25. The van der Waals surface area contributed by atoms with Gasteiger partial charge in [0.1, 0.15) is 0 Å². The molecule has 0 heterocycles. The molecule has 1 aliphatic carbocycles. The molecule has 0 unspecified atom stereocenters. The molecule has 0 fully saturated rings. The second kappa shape index (κ2) is 8.93. The number of carbonyl (C=O) groups is 2. The van der Waals surface area contributed by atoms with Crippen molar-refractivity contribution in [2.45, 2.75) is 13.8 Å². The fourth-order valence-electron chi connectivity index (χ4n) is 2.90. The van der Waals surface area contributed by atoms with E-state index >= 15 is 0 Å². The van der Waals surface area contributed by atoms with Gasteiger partial charge in [0.2, 0.25) is 5.78 Å². The van der Waals surface area contributed by atoms with Gasteiger partial charge in [-0.25, -0.2) is 4.79 Å². The van der Waals surface area contributed by atoms with Gasteiger partial charge in [-0.05, 0) is 44.2 Å². The predicted octanol–water partition coefficient (Wildman–Crippen LogP) is 4.18. The van der Waals surface area contributed by atoms with Gasteiger partial charge in [0.25, 0.3) is 10.0 Å². The summed E-state index contributed by atoms with van der Waals surface area (Å²) in [4.78, 5) is 24.2. The van der Waals surface area contributed by atoms with Crippen molar-refractivity contribution in [3.63, 3.8) is 0 Å². The summed E-state index contributed by atoms with van der Waals surface area (Å²) in [7, 11) is -3.97.